The molecule has 0 spiro atoms. The molecule has 24 heavy (non-hydrogen) atoms. The number of amides is 1. The highest BCUT2D eigenvalue weighted by atomic mass is 16.5. The Morgan fingerprint density at radius 2 is 2.12 bits per heavy atom. The average molecular weight is 334 g/mol. The molecule has 8 nitrogen and oxygen atoms in total. The maximum atomic E-state index is 12.0. The van der Waals surface area contributed by atoms with Crippen LogP contribution in [0.15, 0.2) is 6.33 Å². The molecule has 0 aliphatic heterocycles. The van der Waals surface area contributed by atoms with Gasteiger partial charge in [-0.15, -0.1) is 10.2 Å². The minimum Gasteiger partial charge on any atom is -0.383 e. The Kier molecular flexibility index (Phi) is 6.48. The van der Waals surface area contributed by atoms with Crippen molar-refractivity contribution in [1.29, 1.82) is 0 Å². The van der Waals surface area contributed by atoms with Gasteiger partial charge in [0.2, 0.25) is 5.91 Å². The second-order valence-electron chi connectivity index (χ2n) is 5.81. The molecule has 0 atom stereocenters. The Labute approximate surface area is 142 Å². The zero-order chi connectivity index (χ0) is 17.5. The Morgan fingerprint density at radius 1 is 1.33 bits per heavy atom. The minimum atomic E-state index is 0.0422. The molecule has 1 amide bonds. The van der Waals surface area contributed by atoms with E-state index in [1.165, 1.54) is 0 Å². The summed E-state index contributed by atoms with van der Waals surface area (Å²) in [6, 6.07) is 0. The van der Waals surface area contributed by atoms with Gasteiger partial charge in [0.05, 0.1) is 12.3 Å². The third-order valence-electron chi connectivity index (χ3n) is 4.16. The molecule has 0 aliphatic carbocycles. The van der Waals surface area contributed by atoms with E-state index in [4.69, 9.17) is 4.74 Å². The summed E-state index contributed by atoms with van der Waals surface area (Å²) in [5, 5.41) is 15.3. The summed E-state index contributed by atoms with van der Waals surface area (Å²) in [4.78, 5) is 12.0. The van der Waals surface area contributed by atoms with Crippen molar-refractivity contribution in [1.82, 2.24) is 29.9 Å². The molecule has 0 fully saturated rings. The summed E-state index contributed by atoms with van der Waals surface area (Å²) < 4.78 is 8.85. The van der Waals surface area contributed by atoms with E-state index >= 15 is 0 Å². The Hall–Kier alpha value is -2.22. The van der Waals surface area contributed by atoms with Crippen molar-refractivity contribution in [2.45, 2.75) is 39.7 Å². The van der Waals surface area contributed by atoms with Crippen LogP contribution in [0, 0.1) is 13.8 Å². The molecule has 1 N–H and O–H groups in total. The fraction of sp³-hybridized carbons (Fsp3) is 0.625. The van der Waals surface area contributed by atoms with Gasteiger partial charge in [-0.2, -0.15) is 5.10 Å². The van der Waals surface area contributed by atoms with Gasteiger partial charge in [0.1, 0.15) is 12.2 Å². The van der Waals surface area contributed by atoms with Crippen LogP contribution in [0.2, 0.25) is 0 Å². The molecule has 0 aromatic carbocycles. The SMILES string of the molecule is COCCn1cnnc1CCNC(=O)CCc1c(C)nn(C)c1C. The van der Waals surface area contributed by atoms with E-state index in [-0.39, 0.29) is 5.91 Å². The van der Waals surface area contributed by atoms with Crippen LogP contribution in [-0.2, 0) is 36.0 Å². The van der Waals surface area contributed by atoms with Gasteiger partial charge in [-0.3, -0.25) is 9.48 Å². The van der Waals surface area contributed by atoms with Crippen LogP contribution in [0.1, 0.15) is 29.2 Å². The molecule has 2 heterocycles. The highest BCUT2D eigenvalue weighted by molar-refractivity contribution is 5.76. The number of rotatable bonds is 9. The number of nitrogens with one attached hydrogen (secondary N) is 1. The summed E-state index contributed by atoms with van der Waals surface area (Å²) in [6.07, 6.45) is 3.51. The van der Waals surface area contributed by atoms with Gasteiger partial charge >= 0.3 is 0 Å². The molecule has 0 radical (unpaired) electrons. The van der Waals surface area contributed by atoms with Gasteiger partial charge < -0.3 is 14.6 Å². The lowest BCUT2D eigenvalue weighted by atomic mass is 10.1. The first-order chi connectivity index (χ1) is 11.5. The molecule has 0 bridgehead atoms. The van der Waals surface area contributed by atoms with E-state index in [9.17, 15) is 4.79 Å². The van der Waals surface area contributed by atoms with Gasteiger partial charge in [0, 0.05) is 45.8 Å². The zero-order valence-corrected chi connectivity index (χ0v) is 14.9. The zero-order valence-electron chi connectivity index (χ0n) is 14.9. The molecule has 2 rings (SSSR count). The van der Waals surface area contributed by atoms with Crippen LogP contribution in [-0.4, -0.2) is 50.7 Å². The van der Waals surface area contributed by atoms with Crippen LogP contribution in [0.4, 0.5) is 0 Å². The predicted molar refractivity (Wildman–Crippen MR) is 89.6 cm³/mol. The summed E-state index contributed by atoms with van der Waals surface area (Å²) in [5.74, 6) is 0.895. The summed E-state index contributed by atoms with van der Waals surface area (Å²) >= 11 is 0. The average Bonchev–Trinajstić information content (AvgIpc) is 3.09. The molecule has 0 aliphatic rings. The van der Waals surface area contributed by atoms with Crippen LogP contribution in [0.25, 0.3) is 0 Å². The highest BCUT2D eigenvalue weighted by Crippen LogP contribution is 2.13. The number of nitrogens with zero attached hydrogens (tertiary/aromatic N) is 5. The largest absolute Gasteiger partial charge is 0.383 e. The van der Waals surface area contributed by atoms with Crippen molar-refractivity contribution in [3.63, 3.8) is 0 Å². The van der Waals surface area contributed by atoms with Gasteiger partial charge in [-0.05, 0) is 25.8 Å². The molecule has 8 heteroatoms. The fourth-order valence-electron chi connectivity index (χ4n) is 2.67. The maximum absolute atomic E-state index is 12.0. The standard InChI is InChI=1S/C16H26N6O2/c1-12-14(13(2)21(3)20-12)5-6-16(23)17-8-7-15-19-18-11-22(15)9-10-24-4/h11H,5-10H2,1-4H3,(H,17,23). The lowest BCUT2D eigenvalue weighted by molar-refractivity contribution is -0.121. The Morgan fingerprint density at radius 3 is 2.79 bits per heavy atom. The first-order valence-corrected chi connectivity index (χ1v) is 8.14. The Balaban J connectivity index is 1.75. The lowest BCUT2D eigenvalue weighted by Gasteiger charge is -2.07. The van der Waals surface area contributed by atoms with Crippen LogP contribution in [0.3, 0.4) is 0 Å². The number of carbonyl (C=O) groups is 1. The van der Waals surface area contributed by atoms with E-state index in [0.29, 0.717) is 39.0 Å². The molecule has 2 aromatic rings. The molecular formula is C16H26N6O2. The monoisotopic (exact) mass is 334 g/mol. The van der Waals surface area contributed by atoms with Crippen molar-refractivity contribution >= 4 is 5.91 Å². The molecule has 132 valence electrons. The lowest BCUT2D eigenvalue weighted by Crippen LogP contribution is -2.27. The predicted octanol–water partition coefficient (Wildman–Crippen LogP) is 0.566. The molecular weight excluding hydrogens is 308 g/mol. The quantitative estimate of drug-likeness (QED) is 0.724. The van der Waals surface area contributed by atoms with E-state index in [1.807, 2.05) is 30.1 Å². The number of methoxy groups -OCH3 is 1. The van der Waals surface area contributed by atoms with E-state index < -0.39 is 0 Å². The number of hydrogen-bond acceptors (Lipinski definition) is 5. The third-order valence-corrected chi connectivity index (χ3v) is 4.16. The molecule has 0 saturated heterocycles. The van der Waals surface area contributed by atoms with Crippen molar-refractivity contribution in [3.8, 4) is 0 Å². The second kappa shape index (κ2) is 8.58. The summed E-state index contributed by atoms with van der Waals surface area (Å²) in [7, 11) is 3.58. The number of ether oxygens (including phenoxy) is 1. The second-order valence-corrected chi connectivity index (χ2v) is 5.81. The van der Waals surface area contributed by atoms with Gasteiger partial charge in [0.15, 0.2) is 0 Å². The molecule has 0 unspecified atom stereocenters. The smallest absolute Gasteiger partial charge is 0.220 e. The van der Waals surface area contributed by atoms with Crippen LogP contribution >= 0.6 is 0 Å². The summed E-state index contributed by atoms with van der Waals surface area (Å²) in [5.41, 5.74) is 3.27. The molecule has 2 aromatic heterocycles. The van der Waals surface area contributed by atoms with Crippen molar-refractivity contribution < 1.29 is 9.53 Å². The van der Waals surface area contributed by atoms with E-state index in [2.05, 4.69) is 20.6 Å². The normalized spacial score (nSPS) is 11.0. The maximum Gasteiger partial charge on any atom is 0.220 e. The number of carbonyl (C=O) groups excluding carboxylic acids is 1. The first kappa shape index (κ1) is 18.1. The highest BCUT2D eigenvalue weighted by Gasteiger charge is 2.11. The first-order valence-electron chi connectivity index (χ1n) is 8.14. The number of aromatic nitrogens is 5. The topological polar surface area (TPSA) is 86.9 Å². The van der Waals surface area contributed by atoms with Crippen molar-refractivity contribution in [2.24, 2.45) is 7.05 Å². The van der Waals surface area contributed by atoms with Gasteiger partial charge in [-0.25, -0.2) is 0 Å². The van der Waals surface area contributed by atoms with Gasteiger partial charge in [0.25, 0.3) is 0 Å². The Bertz CT molecular complexity index is 676. The minimum absolute atomic E-state index is 0.0422. The number of hydrogen-bond donors (Lipinski definition) is 1. The fourth-order valence-corrected chi connectivity index (χ4v) is 2.67. The van der Waals surface area contributed by atoms with Crippen LogP contribution in [0.5, 0.6) is 0 Å². The summed E-state index contributed by atoms with van der Waals surface area (Å²) in [6.45, 7) is 5.89. The van der Waals surface area contributed by atoms with E-state index in [1.54, 1.807) is 13.4 Å². The third kappa shape index (κ3) is 4.64. The van der Waals surface area contributed by atoms with Crippen molar-refractivity contribution in [3.05, 3.63) is 29.1 Å². The van der Waals surface area contributed by atoms with Crippen LogP contribution < -0.4 is 5.32 Å². The van der Waals surface area contributed by atoms with Gasteiger partial charge in [-0.1, -0.05) is 0 Å². The van der Waals surface area contributed by atoms with Crippen molar-refractivity contribution in [2.75, 3.05) is 20.3 Å². The number of aryl methyl sites for hydroxylation is 2. The molecule has 0 saturated carbocycles. The van der Waals surface area contributed by atoms with E-state index in [0.717, 1.165) is 22.8 Å².